The van der Waals surface area contributed by atoms with E-state index in [0.29, 0.717) is 11.5 Å². The predicted octanol–water partition coefficient (Wildman–Crippen LogP) is 2.21. The van der Waals surface area contributed by atoms with Gasteiger partial charge in [0.1, 0.15) is 5.73 Å². The second-order valence-corrected chi connectivity index (χ2v) is 5.94. The molecule has 1 aliphatic heterocycles. The Morgan fingerprint density at radius 3 is 2.06 bits per heavy atom. The highest BCUT2D eigenvalue weighted by Gasteiger charge is 2.54. The van der Waals surface area contributed by atoms with E-state index in [2.05, 4.69) is 0 Å². The molecule has 0 spiro atoms. The monoisotopic (exact) mass is 241 g/mol. The molecule has 1 saturated heterocycles. The molecule has 1 saturated carbocycles. The summed E-state index contributed by atoms with van der Waals surface area (Å²) in [4.78, 5) is 0. The summed E-state index contributed by atoms with van der Waals surface area (Å²) in [7, 11) is -0.890. The third-order valence-corrected chi connectivity index (χ3v) is 4.06. The van der Waals surface area contributed by atoms with Crippen LogP contribution in [-0.4, -0.2) is 24.9 Å². The van der Waals surface area contributed by atoms with Crippen LogP contribution in [0.15, 0.2) is 11.3 Å². The summed E-state index contributed by atoms with van der Waals surface area (Å²) >= 11 is 0. The summed E-state index contributed by atoms with van der Waals surface area (Å²) < 4.78 is 25.7. The third-order valence-electron chi connectivity index (χ3n) is 4.06. The van der Waals surface area contributed by atoms with Crippen LogP contribution in [0.1, 0.15) is 40.5 Å². The Balaban J connectivity index is 2.20. The first-order valence-electron chi connectivity index (χ1n) is 6.22. The summed E-state index contributed by atoms with van der Waals surface area (Å²) in [6.45, 7) is 7.92. The van der Waals surface area contributed by atoms with Crippen molar-refractivity contribution in [3.63, 3.8) is 0 Å². The van der Waals surface area contributed by atoms with Crippen molar-refractivity contribution in [3.05, 3.63) is 11.3 Å². The SMILES string of the molecule is CC1(C)OB(C(F)=C(CN)C2CC2)OC1(C)C. The molecule has 0 aromatic heterocycles. The average Bonchev–Trinajstić information content (AvgIpc) is 2.97. The van der Waals surface area contributed by atoms with Crippen LogP contribution in [0.4, 0.5) is 4.39 Å². The smallest absolute Gasteiger partial charge is 0.398 e. The van der Waals surface area contributed by atoms with Crippen LogP contribution < -0.4 is 5.73 Å². The molecule has 0 unspecified atom stereocenters. The highest BCUT2D eigenvalue weighted by Crippen LogP contribution is 2.43. The number of halogens is 1. The van der Waals surface area contributed by atoms with E-state index in [0.717, 1.165) is 12.8 Å². The predicted molar refractivity (Wildman–Crippen MR) is 66.0 cm³/mol. The lowest BCUT2D eigenvalue weighted by molar-refractivity contribution is 0.00578. The minimum Gasteiger partial charge on any atom is -0.398 e. The first-order chi connectivity index (χ1) is 7.78. The Labute approximate surface area is 103 Å². The Hall–Kier alpha value is -0.385. The zero-order chi connectivity index (χ0) is 12.8. The molecule has 0 amide bonds. The molecule has 1 aliphatic carbocycles. The summed E-state index contributed by atoms with van der Waals surface area (Å²) in [5.74, 6) is 0.305. The molecule has 2 fully saturated rings. The van der Waals surface area contributed by atoms with E-state index in [4.69, 9.17) is 15.0 Å². The molecule has 2 aliphatic rings. The van der Waals surface area contributed by atoms with E-state index in [1.54, 1.807) is 0 Å². The van der Waals surface area contributed by atoms with Crippen LogP contribution in [0.2, 0.25) is 0 Å². The first-order valence-corrected chi connectivity index (χ1v) is 6.22. The van der Waals surface area contributed by atoms with E-state index >= 15 is 0 Å². The summed E-state index contributed by atoms with van der Waals surface area (Å²) in [6, 6.07) is 0. The number of hydrogen-bond acceptors (Lipinski definition) is 3. The molecular weight excluding hydrogens is 220 g/mol. The lowest BCUT2D eigenvalue weighted by Crippen LogP contribution is -2.41. The maximum absolute atomic E-state index is 14.3. The number of nitrogens with two attached hydrogens (primary N) is 1. The molecule has 0 bridgehead atoms. The average molecular weight is 241 g/mol. The van der Waals surface area contributed by atoms with Crippen LogP contribution >= 0.6 is 0 Å². The molecule has 1 heterocycles. The van der Waals surface area contributed by atoms with Gasteiger partial charge >= 0.3 is 7.12 Å². The van der Waals surface area contributed by atoms with Gasteiger partial charge in [0.25, 0.3) is 0 Å². The fourth-order valence-corrected chi connectivity index (χ4v) is 1.99. The molecule has 0 aromatic rings. The summed E-state index contributed by atoms with van der Waals surface area (Å²) in [5, 5.41) is 0. The highest BCUT2D eigenvalue weighted by atomic mass is 19.1. The van der Waals surface area contributed by atoms with Gasteiger partial charge < -0.3 is 15.0 Å². The largest absolute Gasteiger partial charge is 0.525 e. The Morgan fingerprint density at radius 1 is 1.24 bits per heavy atom. The Morgan fingerprint density at radius 2 is 1.71 bits per heavy atom. The Bertz CT molecular complexity index is 334. The van der Waals surface area contributed by atoms with Crippen LogP contribution in [0.5, 0.6) is 0 Å². The van der Waals surface area contributed by atoms with Gasteiger partial charge in [-0.2, -0.15) is 0 Å². The van der Waals surface area contributed by atoms with Crippen molar-refractivity contribution in [1.29, 1.82) is 0 Å². The fourth-order valence-electron chi connectivity index (χ4n) is 1.99. The van der Waals surface area contributed by atoms with Gasteiger partial charge in [-0.3, -0.25) is 0 Å². The van der Waals surface area contributed by atoms with Crippen molar-refractivity contribution in [2.45, 2.75) is 51.7 Å². The van der Waals surface area contributed by atoms with E-state index < -0.39 is 18.3 Å². The highest BCUT2D eigenvalue weighted by molar-refractivity contribution is 6.53. The van der Waals surface area contributed by atoms with Crippen molar-refractivity contribution in [2.24, 2.45) is 11.7 Å². The molecule has 0 aromatic carbocycles. The van der Waals surface area contributed by atoms with Crippen LogP contribution in [0, 0.1) is 5.92 Å². The van der Waals surface area contributed by atoms with Crippen molar-refractivity contribution < 1.29 is 13.7 Å². The van der Waals surface area contributed by atoms with Gasteiger partial charge in [0, 0.05) is 6.54 Å². The number of rotatable bonds is 3. The zero-order valence-corrected chi connectivity index (χ0v) is 11.0. The quantitative estimate of drug-likeness (QED) is 0.770. The minimum absolute atomic E-state index is 0.251. The first kappa shape index (κ1) is 13.1. The minimum atomic E-state index is -0.890. The zero-order valence-electron chi connectivity index (χ0n) is 11.0. The lowest BCUT2D eigenvalue weighted by Gasteiger charge is -2.32. The summed E-state index contributed by atoms with van der Waals surface area (Å²) in [5.41, 5.74) is 4.96. The van der Waals surface area contributed by atoms with E-state index in [-0.39, 0.29) is 12.3 Å². The van der Waals surface area contributed by atoms with Crippen molar-refractivity contribution in [3.8, 4) is 0 Å². The molecule has 3 nitrogen and oxygen atoms in total. The van der Waals surface area contributed by atoms with E-state index in [1.165, 1.54) is 0 Å². The van der Waals surface area contributed by atoms with Crippen molar-refractivity contribution >= 4 is 7.12 Å². The van der Waals surface area contributed by atoms with Gasteiger partial charge in [-0.05, 0) is 52.0 Å². The number of hydrogen-bond donors (Lipinski definition) is 1. The lowest BCUT2D eigenvalue weighted by atomic mass is 9.83. The van der Waals surface area contributed by atoms with Gasteiger partial charge in [-0.1, -0.05) is 0 Å². The van der Waals surface area contributed by atoms with Crippen LogP contribution in [-0.2, 0) is 9.31 Å². The molecule has 2 N–H and O–H groups in total. The maximum Gasteiger partial charge on any atom is 0.525 e. The second-order valence-electron chi connectivity index (χ2n) is 5.94. The molecular formula is C12H21BFNO2. The Kier molecular flexibility index (Phi) is 3.13. The fraction of sp³-hybridized carbons (Fsp3) is 0.833. The standard InChI is InChI=1S/C12H21BFNO2/c1-11(2)12(3,4)17-13(16-11)10(14)9(7-15)8-5-6-8/h8H,5-7,15H2,1-4H3. The molecule has 0 radical (unpaired) electrons. The third kappa shape index (κ3) is 2.28. The van der Waals surface area contributed by atoms with E-state index in [9.17, 15) is 4.39 Å². The normalized spacial score (nSPS) is 28.2. The second kappa shape index (κ2) is 4.07. The molecule has 0 atom stereocenters. The summed E-state index contributed by atoms with van der Waals surface area (Å²) in [6.07, 6.45) is 2.05. The van der Waals surface area contributed by atoms with Crippen molar-refractivity contribution in [1.82, 2.24) is 0 Å². The van der Waals surface area contributed by atoms with Gasteiger partial charge in [0.2, 0.25) is 0 Å². The van der Waals surface area contributed by atoms with Crippen LogP contribution in [0.3, 0.4) is 0 Å². The molecule has 96 valence electrons. The van der Waals surface area contributed by atoms with E-state index in [1.807, 2.05) is 27.7 Å². The molecule has 17 heavy (non-hydrogen) atoms. The van der Waals surface area contributed by atoms with Crippen LogP contribution in [0.25, 0.3) is 0 Å². The van der Waals surface area contributed by atoms with Gasteiger partial charge in [0.15, 0.2) is 0 Å². The maximum atomic E-state index is 14.3. The molecule has 5 heteroatoms. The molecule has 2 rings (SSSR count). The van der Waals surface area contributed by atoms with Crippen molar-refractivity contribution in [2.75, 3.05) is 6.54 Å². The van der Waals surface area contributed by atoms with Gasteiger partial charge in [-0.25, -0.2) is 4.39 Å². The topological polar surface area (TPSA) is 44.5 Å². The van der Waals surface area contributed by atoms with Gasteiger partial charge in [-0.15, -0.1) is 0 Å². The van der Waals surface area contributed by atoms with Gasteiger partial charge in [0.05, 0.1) is 11.2 Å².